The molecular formula is C15H21BrN2O4. The summed E-state index contributed by atoms with van der Waals surface area (Å²) < 4.78 is 16.6. The molecular weight excluding hydrogens is 352 g/mol. The number of methoxy groups -OCH3 is 2. The van der Waals surface area contributed by atoms with E-state index in [1.165, 1.54) is 0 Å². The summed E-state index contributed by atoms with van der Waals surface area (Å²) in [6.07, 6.45) is 1.07. The van der Waals surface area contributed by atoms with E-state index in [-0.39, 0.29) is 5.91 Å². The first kappa shape index (κ1) is 17.1. The van der Waals surface area contributed by atoms with Crippen molar-refractivity contribution in [1.29, 1.82) is 0 Å². The third-order valence-electron chi connectivity index (χ3n) is 3.78. The number of ether oxygens (including phenoxy) is 3. The molecule has 1 aromatic rings. The minimum atomic E-state index is -0.841. The zero-order valence-corrected chi connectivity index (χ0v) is 14.4. The molecule has 0 bridgehead atoms. The molecule has 1 heterocycles. The van der Waals surface area contributed by atoms with Crippen molar-refractivity contribution in [1.82, 2.24) is 5.32 Å². The summed E-state index contributed by atoms with van der Waals surface area (Å²) in [5.41, 5.74) is 6.21. The van der Waals surface area contributed by atoms with Gasteiger partial charge in [-0.05, 0) is 46.5 Å². The highest BCUT2D eigenvalue weighted by atomic mass is 79.9. The van der Waals surface area contributed by atoms with E-state index >= 15 is 0 Å². The zero-order valence-electron chi connectivity index (χ0n) is 12.8. The van der Waals surface area contributed by atoms with Crippen molar-refractivity contribution in [3.63, 3.8) is 0 Å². The van der Waals surface area contributed by atoms with Gasteiger partial charge >= 0.3 is 0 Å². The number of carbonyl (C=O) groups excluding carboxylic acids is 1. The Bertz CT molecular complexity index is 545. The van der Waals surface area contributed by atoms with Crippen molar-refractivity contribution in [2.75, 3.05) is 27.4 Å². The Morgan fingerprint density at radius 1 is 1.36 bits per heavy atom. The molecule has 1 aromatic carbocycles. The van der Waals surface area contributed by atoms with Crippen LogP contribution in [-0.4, -0.2) is 38.9 Å². The number of nitrogens with two attached hydrogens (primary N) is 1. The Hall–Kier alpha value is -1.31. The van der Waals surface area contributed by atoms with Crippen LogP contribution in [0.15, 0.2) is 16.6 Å². The average Bonchev–Trinajstić information content (AvgIpc) is 2.52. The summed E-state index contributed by atoms with van der Waals surface area (Å²) in [6, 6.07) is 3.71. The minimum absolute atomic E-state index is 0.151. The standard InChI is InChI=1S/C15H21BrN2O4/c1-20-12-8-10(7-11(16)13(12)21-2)9-18-14(19)15(17)3-5-22-6-4-15/h7-8H,3-6,9,17H2,1-2H3,(H,18,19). The number of carbonyl (C=O) groups is 1. The van der Waals surface area contributed by atoms with Gasteiger partial charge in [-0.25, -0.2) is 0 Å². The fourth-order valence-corrected chi connectivity index (χ4v) is 3.05. The maximum atomic E-state index is 12.3. The quantitative estimate of drug-likeness (QED) is 0.819. The van der Waals surface area contributed by atoms with Crippen molar-refractivity contribution < 1.29 is 19.0 Å². The van der Waals surface area contributed by atoms with Crippen LogP contribution in [0.25, 0.3) is 0 Å². The van der Waals surface area contributed by atoms with Crippen molar-refractivity contribution in [3.8, 4) is 11.5 Å². The van der Waals surface area contributed by atoms with Gasteiger partial charge in [0, 0.05) is 19.8 Å². The topological polar surface area (TPSA) is 82.8 Å². The summed E-state index contributed by atoms with van der Waals surface area (Å²) in [4.78, 5) is 12.3. The molecule has 0 spiro atoms. The predicted octanol–water partition coefficient (Wildman–Crippen LogP) is 1.59. The van der Waals surface area contributed by atoms with Crippen LogP contribution in [0, 0.1) is 0 Å². The first-order chi connectivity index (χ1) is 10.5. The first-order valence-corrected chi connectivity index (χ1v) is 7.85. The van der Waals surface area contributed by atoms with E-state index < -0.39 is 5.54 Å². The molecule has 0 aromatic heterocycles. The highest BCUT2D eigenvalue weighted by Crippen LogP contribution is 2.36. The van der Waals surface area contributed by atoms with Gasteiger partial charge in [-0.15, -0.1) is 0 Å². The van der Waals surface area contributed by atoms with Crippen LogP contribution in [0.2, 0.25) is 0 Å². The predicted molar refractivity (Wildman–Crippen MR) is 86.1 cm³/mol. The van der Waals surface area contributed by atoms with E-state index in [9.17, 15) is 4.79 Å². The van der Waals surface area contributed by atoms with Gasteiger partial charge in [0.1, 0.15) is 0 Å². The molecule has 122 valence electrons. The minimum Gasteiger partial charge on any atom is -0.493 e. The number of benzene rings is 1. The lowest BCUT2D eigenvalue weighted by Crippen LogP contribution is -2.56. The number of nitrogens with one attached hydrogen (secondary N) is 1. The molecule has 1 aliphatic heterocycles. The SMILES string of the molecule is COc1cc(CNC(=O)C2(N)CCOCC2)cc(Br)c1OC. The van der Waals surface area contributed by atoms with Crippen LogP contribution >= 0.6 is 15.9 Å². The average molecular weight is 373 g/mol. The summed E-state index contributed by atoms with van der Waals surface area (Å²) >= 11 is 3.43. The van der Waals surface area contributed by atoms with E-state index in [0.29, 0.717) is 44.1 Å². The molecule has 0 aliphatic carbocycles. The second-order valence-electron chi connectivity index (χ2n) is 5.26. The van der Waals surface area contributed by atoms with Crippen LogP contribution in [0.5, 0.6) is 11.5 Å². The first-order valence-electron chi connectivity index (χ1n) is 7.05. The fraction of sp³-hybridized carbons (Fsp3) is 0.533. The Morgan fingerprint density at radius 3 is 2.64 bits per heavy atom. The summed E-state index contributed by atoms with van der Waals surface area (Å²) in [6.45, 7) is 1.41. The molecule has 0 radical (unpaired) electrons. The van der Waals surface area contributed by atoms with Gasteiger partial charge in [-0.3, -0.25) is 4.79 Å². The van der Waals surface area contributed by atoms with E-state index in [0.717, 1.165) is 10.0 Å². The number of rotatable bonds is 5. The van der Waals surface area contributed by atoms with Gasteiger partial charge < -0.3 is 25.3 Å². The number of hydrogen-bond donors (Lipinski definition) is 2. The van der Waals surface area contributed by atoms with Crippen molar-refractivity contribution >= 4 is 21.8 Å². The molecule has 22 heavy (non-hydrogen) atoms. The van der Waals surface area contributed by atoms with Gasteiger partial charge in [0.05, 0.1) is 24.2 Å². The van der Waals surface area contributed by atoms with Gasteiger partial charge in [-0.2, -0.15) is 0 Å². The normalized spacial score (nSPS) is 16.9. The lowest BCUT2D eigenvalue weighted by molar-refractivity contribution is -0.129. The van der Waals surface area contributed by atoms with Gasteiger partial charge in [0.25, 0.3) is 0 Å². The van der Waals surface area contributed by atoms with Crippen LogP contribution in [0.1, 0.15) is 18.4 Å². The highest BCUT2D eigenvalue weighted by Gasteiger charge is 2.35. The molecule has 7 heteroatoms. The maximum Gasteiger partial charge on any atom is 0.240 e. The third-order valence-corrected chi connectivity index (χ3v) is 4.37. The largest absolute Gasteiger partial charge is 0.493 e. The second-order valence-corrected chi connectivity index (χ2v) is 6.12. The highest BCUT2D eigenvalue weighted by molar-refractivity contribution is 9.10. The van der Waals surface area contributed by atoms with Crippen molar-refractivity contribution in [2.45, 2.75) is 24.9 Å². The second kappa shape index (κ2) is 7.30. The summed E-state index contributed by atoms with van der Waals surface area (Å²) in [5.74, 6) is 1.08. The van der Waals surface area contributed by atoms with Gasteiger partial charge in [0.2, 0.25) is 5.91 Å². The molecule has 1 aliphatic rings. The Labute approximate surface area is 138 Å². The van der Waals surface area contributed by atoms with E-state index in [1.807, 2.05) is 12.1 Å². The van der Waals surface area contributed by atoms with E-state index in [4.69, 9.17) is 19.9 Å². The maximum absolute atomic E-state index is 12.3. The molecule has 1 saturated heterocycles. The van der Waals surface area contributed by atoms with Crippen LogP contribution in [0.3, 0.4) is 0 Å². The zero-order chi connectivity index (χ0) is 16.2. The van der Waals surface area contributed by atoms with Crippen LogP contribution < -0.4 is 20.5 Å². The summed E-state index contributed by atoms with van der Waals surface area (Å²) in [5, 5.41) is 2.89. The molecule has 2 rings (SSSR count). The smallest absolute Gasteiger partial charge is 0.240 e. The molecule has 6 nitrogen and oxygen atoms in total. The lowest BCUT2D eigenvalue weighted by atomic mass is 9.90. The van der Waals surface area contributed by atoms with Crippen molar-refractivity contribution in [2.24, 2.45) is 5.73 Å². The van der Waals surface area contributed by atoms with E-state index in [2.05, 4.69) is 21.2 Å². The van der Waals surface area contributed by atoms with Crippen LogP contribution in [-0.2, 0) is 16.1 Å². The molecule has 1 fully saturated rings. The Kier molecular flexibility index (Phi) is 5.66. The number of amides is 1. The fourth-order valence-electron chi connectivity index (χ4n) is 2.39. The number of hydrogen-bond acceptors (Lipinski definition) is 5. The molecule has 0 atom stereocenters. The molecule has 3 N–H and O–H groups in total. The van der Waals surface area contributed by atoms with E-state index in [1.54, 1.807) is 14.2 Å². The van der Waals surface area contributed by atoms with Crippen molar-refractivity contribution in [3.05, 3.63) is 22.2 Å². The third kappa shape index (κ3) is 3.71. The van der Waals surface area contributed by atoms with Gasteiger partial charge in [-0.1, -0.05) is 0 Å². The van der Waals surface area contributed by atoms with Crippen LogP contribution in [0.4, 0.5) is 0 Å². The summed E-state index contributed by atoms with van der Waals surface area (Å²) in [7, 11) is 3.15. The molecule has 1 amide bonds. The van der Waals surface area contributed by atoms with Gasteiger partial charge in [0.15, 0.2) is 11.5 Å². The molecule has 0 saturated carbocycles. The Balaban J connectivity index is 2.05. The monoisotopic (exact) mass is 372 g/mol. The lowest BCUT2D eigenvalue weighted by Gasteiger charge is -2.31. The number of halogens is 1. The Morgan fingerprint density at radius 2 is 2.05 bits per heavy atom. The molecule has 0 unspecified atom stereocenters.